The third-order valence-corrected chi connectivity index (χ3v) is 8.14. The lowest BCUT2D eigenvalue weighted by atomic mass is 9.95. The van der Waals surface area contributed by atoms with Crippen molar-refractivity contribution in [2.45, 2.75) is 26.5 Å². The Labute approximate surface area is 257 Å². The van der Waals surface area contributed by atoms with E-state index in [1.165, 1.54) is 11.0 Å². The van der Waals surface area contributed by atoms with Gasteiger partial charge < -0.3 is 14.6 Å². The van der Waals surface area contributed by atoms with E-state index >= 15 is 0 Å². The highest BCUT2D eigenvalue weighted by atomic mass is 35.5. The number of aryl methyl sites for hydroxylation is 2. The summed E-state index contributed by atoms with van der Waals surface area (Å²) >= 11 is 7.05. The molecule has 1 amide bonds. The van der Waals surface area contributed by atoms with Gasteiger partial charge in [-0.3, -0.25) is 14.5 Å². The summed E-state index contributed by atoms with van der Waals surface area (Å²) in [4.78, 5) is 45.4. The van der Waals surface area contributed by atoms with Crippen LogP contribution in [-0.4, -0.2) is 34.4 Å². The normalized spacial score (nSPS) is 15.9. The zero-order chi connectivity index (χ0) is 30.7. The van der Waals surface area contributed by atoms with Crippen LogP contribution in [0.25, 0.3) is 5.76 Å². The van der Waals surface area contributed by atoms with Crippen LogP contribution in [0.4, 0.5) is 5.13 Å². The number of amides is 1. The topological polar surface area (TPSA) is 106 Å². The Kier molecular flexibility index (Phi) is 8.75. The molecule has 1 aliphatic heterocycles. The zero-order valence-corrected chi connectivity index (χ0v) is 24.9. The van der Waals surface area contributed by atoms with Crippen molar-refractivity contribution in [3.63, 3.8) is 0 Å². The summed E-state index contributed by atoms with van der Waals surface area (Å²) in [5.41, 5.74) is 3.21. The maximum Gasteiger partial charge on any atom is 0.350 e. The first-order valence-corrected chi connectivity index (χ1v) is 14.5. The minimum atomic E-state index is -1.03. The number of aliphatic hydroxyl groups excluding tert-OH is 1. The number of halogens is 1. The van der Waals surface area contributed by atoms with Gasteiger partial charge in [0.15, 0.2) is 5.13 Å². The fraction of sp³-hybridized carbons (Fsp3) is 0.152. The summed E-state index contributed by atoms with van der Waals surface area (Å²) in [5, 5.41) is 12.0. The minimum absolute atomic E-state index is 0.0105. The Morgan fingerprint density at radius 2 is 1.81 bits per heavy atom. The molecular formula is C33H27ClN2O6S. The molecule has 218 valence electrons. The van der Waals surface area contributed by atoms with Crippen LogP contribution in [0.15, 0.2) is 91.0 Å². The number of benzene rings is 3. The van der Waals surface area contributed by atoms with Gasteiger partial charge in [-0.25, -0.2) is 9.78 Å². The maximum absolute atomic E-state index is 13.5. The predicted octanol–water partition coefficient (Wildman–Crippen LogP) is 6.96. The Balaban J connectivity index is 1.51. The van der Waals surface area contributed by atoms with Crippen molar-refractivity contribution in [1.82, 2.24) is 4.98 Å². The lowest BCUT2D eigenvalue weighted by Crippen LogP contribution is -2.29. The molecule has 0 bridgehead atoms. The highest BCUT2D eigenvalue weighted by molar-refractivity contribution is 7.17. The average molecular weight is 615 g/mol. The summed E-state index contributed by atoms with van der Waals surface area (Å²) in [6, 6.07) is 20.1. The second-order valence-corrected chi connectivity index (χ2v) is 11.2. The Bertz CT molecular complexity index is 1740. The van der Waals surface area contributed by atoms with Crippen molar-refractivity contribution < 1.29 is 29.0 Å². The molecule has 1 fully saturated rings. The number of aliphatic hydroxyl groups is 1. The first-order chi connectivity index (χ1) is 20.7. The van der Waals surface area contributed by atoms with Gasteiger partial charge >= 0.3 is 11.9 Å². The molecule has 10 heteroatoms. The maximum atomic E-state index is 13.5. The van der Waals surface area contributed by atoms with Crippen LogP contribution >= 0.6 is 22.9 Å². The van der Waals surface area contributed by atoms with Crippen LogP contribution in [0, 0.1) is 13.8 Å². The zero-order valence-electron chi connectivity index (χ0n) is 23.4. The number of esters is 1. The largest absolute Gasteiger partial charge is 0.507 e. The van der Waals surface area contributed by atoms with E-state index in [1.54, 1.807) is 55.5 Å². The lowest BCUT2D eigenvalue weighted by Gasteiger charge is -2.23. The second kappa shape index (κ2) is 12.6. The van der Waals surface area contributed by atoms with Crippen LogP contribution in [-0.2, 0) is 20.9 Å². The Hall–Kier alpha value is -4.73. The van der Waals surface area contributed by atoms with Gasteiger partial charge in [0, 0.05) is 10.6 Å². The number of ether oxygens (including phenoxy) is 2. The van der Waals surface area contributed by atoms with Gasteiger partial charge in [0.25, 0.3) is 5.78 Å². The van der Waals surface area contributed by atoms with Gasteiger partial charge in [0.2, 0.25) is 0 Å². The number of hydrogen-bond acceptors (Lipinski definition) is 8. The third kappa shape index (κ3) is 6.23. The number of carbonyl (C=O) groups excluding carboxylic acids is 3. The van der Waals surface area contributed by atoms with Crippen LogP contribution < -0.4 is 9.64 Å². The molecule has 0 radical (unpaired) electrons. The first kappa shape index (κ1) is 29.8. The molecule has 0 aliphatic carbocycles. The predicted molar refractivity (Wildman–Crippen MR) is 166 cm³/mol. The van der Waals surface area contributed by atoms with Gasteiger partial charge in [0.1, 0.15) is 29.6 Å². The molecule has 0 saturated carbocycles. The van der Waals surface area contributed by atoms with Crippen molar-refractivity contribution in [3.8, 4) is 5.75 Å². The van der Waals surface area contributed by atoms with Gasteiger partial charge in [0.05, 0.1) is 17.3 Å². The third-order valence-electron chi connectivity index (χ3n) is 6.75. The molecule has 1 atom stereocenters. The van der Waals surface area contributed by atoms with E-state index in [0.29, 0.717) is 34.2 Å². The quantitative estimate of drug-likeness (QED) is 0.0714. The van der Waals surface area contributed by atoms with E-state index in [9.17, 15) is 19.5 Å². The van der Waals surface area contributed by atoms with Crippen LogP contribution in [0.1, 0.15) is 43.7 Å². The van der Waals surface area contributed by atoms with Crippen LogP contribution in [0.5, 0.6) is 5.75 Å². The highest BCUT2D eigenvalue weighted by Gasteiger charge is 2.48. The highest BCUT2D eigenvalue weighted by Crippen LogP contribution is 2.44. The standard InChI is InChI=1S/C33H27ClN2O6S/c1-4-16-41-32(40)30-20(3)35-33(43-30)36-27(22-8-12-24(34)13-9-22)26(29(38)31(36)39)28(37)23-10-14-25(15-11-23)42-18-21-7-5-6-19(2)17-21/h4-15,17,27,37H,1,16,18H2,2-3H3/b28-26+. The molecule has 43 heavy (non-hydrogen) atoms. The number of thiazole rings is 1. The number of rotatable bonds is 9. The number of ketones is 1. The van der Waals surface area contributed by atoms with Crippen molar-refractivity contribution in [3.05, 3.63) is 129 Å². The van der Waals surface area contributed by atoms with E-state index in [1.807, 2.05) is 31.2 Å². The fourth-order valence-electron chi connectivity index (χ4n) is 4.70. The molecular weight excluding hydrogens is 588 g/mol. The minimum Gasteiger partial charge on any atom is -0.507 e. The van der Waals surface area contributed by atoms with Crippen molar-refractivity contribution in [2.75, 3.05) is 11.5 Å². The van der Waals surface area contributed by atoms with E-state index in [0.717, 1.165) is 22.5 Å². The van der Waals surface area contributed by atoms with Gasteiger partial charge in [-0.05, 0) is 61.4 Å². The van der Waals surface area contributed by atoms with Crippen molar-refractivity contribution >= 4 is 51.5 Å². The lowest BCUT2D eigenvalue weighted by molar-refractivity contribution is -0.132. The van der Waals surface area contributed by atoms with Gasteiger partial charge in [-0.1, -0.05) is 77.6 Å². The van der Waals surface area contributed by atoms with E-state index in [4.69, 9.17) is 21.1 Å². The molecule has 1 aliphatic rings. The van der Waals surface area contributed by atoms with Crippen LogP contribution in [0.3, 0.4) is 0 Å². The Morgan fingerprint density at radius 1 is 1.09 bits per heavy atom. The molecule has 1 aromatic heterocycles. The number of Topliss-reactive ketones (excluding diaryl/α,β-unsaturated/α-hetero) is 1. The molecule has 8 nitrogen and oxygen atoms in total. The van der Waals surface area contributed by atoms with Gasteiger partial charge in [-0.2, -0.15) is 0 Å². The Morgan fingerprint density at radius 3 is 2.49 bits per heavy atom. The average Bonchev–Trinajstić information content (AvgIpc) is 3.51. The first-order valence-electron chi connectivity index (χ1n) is 13.3. The fourth-order valence-corrected chi connectivity index (χ4v) is 5.81. The molecule has 2 heterocycles. The summed E-state index contributed by atoms with van der Waals surface area (Å²) in [6.07, 6.45) is 1.44. The molecule has 1 saturated heterocycles. The molecule has 1 unspecified atom stereocenters. The van der Waals surface area contributed by atoms with Gasteiger partial charge in [-0.15, -0.1) is 0 Å². The second-order valence-electron chi connectivity index (χ2n) is 9.82. The number of anilines is 1. The monoisotopic (exact) mass is 614 g/mol. The number of aromatic nitrogens is 1. The summed E-state index contributed by atoms with van der Waals surface area (Å²) in [6.45, 7) is 7.54. The number of nitrogens with zero attached hydrogens (tertiary/aromatic N) is 2. The SMILES string of the molecule is C=CCOC(=O)c1sc(N2C(=O)C(=O)/C(=C(/O)c3ccc(OCc4cccc(C)c4)cc3)C2c2ccc(Cl)cc2)nc1C. The van der Waals surface area contributed by atoms with Crippen molar-refractivity contribution in [1.29, 1.82) is 0 Å². The van der Waals surface area contributed by atoms with E-state index in [2.05, 4.69) is 11.6 Å². The number of hydrogen-bond donors (Lipinski definition) is 1. The van der Waals surface area contributed by atoms with Crippen LogP contribution in [0.2, 0.25) is 5.02 Å². The summed E-state index contributed by atoms with van der Waals surface area (Å²) in [7, 11) is 0. The molecule has 4 aromatic rings. The van der Waals surface area contributed by atoms with Crippen molar-refractivity contribution in [2.24, 2.45) is 0 Å². The summed E-state index contributed by atoms with van der Waals surface area (Å²) < 4.78 is 11.0. The summed E-state index contributed by atoms with van der Waals surface area (Å²) in [5.74, 6) is -2.18. The molecule has 3 aromatic carbocycles. The molecule has 0 spiro atoms. The van der Waals surface area contributed by atoms with E-state index < -0.39 is 23.7 Å². The molecule has 1 N–H and O–H groups in total. The smallest absolute Gasteiger partial charge is 0.350 e. The molecule has 5 rings (SSSR count). The number of carbonyl (C=O) groups is 3. The van der Waals surface area contributed by atoms with E-state index in [-0.39, 0.29) is 27.9 Å².